The van der Waals surface area contributed by atoms with Crippen molar-refractivity contribution in [1.82, 2.24) is 16.0 Å². The Hall–Kier alpha value is -1.64. The number of hydrogen-bond donors (Lipinski definition) is 3. The highest BCUT2D eigenvalue weighted by molar-refractivity contribution is 14.1. The monoisotopic (exact) mass is 413 g/mol. The van der Waals surface area contributed by atoms with Gasteiger partial charge in [0.1, 0.15) is 5.54 Å². The van der Waals surface area contributed by atoms with Gasteiger partial charge in [-0.05, 0) is 47.6 Å². The summed E-state index contributed by atoms with van der Waals surface area (Å²) in [5, 5.41) is 7.95. The molecule has 6 nitrogen and oxygen atoms in total. The third-order valence-electron chi connectivity index (χ3n) is 4.42. The highest BCUT2D eigenvalue weighted by Gasteiger charge is 2.54. The summed E-state index contributed by atoms with van der Waals surface area (Å²) >= 11 is 2.12. The molecule has 1 saturated carbocycles. The van der Waals surface area contributed by atoms with Crippen LogP contribution in [0.1, 0.15) is 29.6 Å². The lowest BCUT2D eigenvalue weighted by atomic mass is 9.87. The number of benzene rings is 1. The normalized spacial score (nSPS) is 26.9. The van der Waals surface area contributed by atoms with Crippen molar-refractivity contribution in [3.05, 3.63) is 33.4 Å². The van der Waals surface area contributed by atoms with Gasteiger partial charge >= 0.3 is 6.03 Å². The number of carbonyl (C=O) groups is 3. The van der Waals surface area contributed by atoms with Crippen molar-refractivity contribution in [2.24, 2.45) is 5.92 Å². The maximum Gasteiger partial charge on any atom is 0.322 e. The van der Waals surface area contributed by atoms with Gasteiger partial charge in [0, 0.05) is 16.0 Å². The van der Waals surface area contributed by atoms with Gasteiger partial charge in [0.25, 0.3) is 11.8 Å². The molecule has 22 heavy (non-hydrogen) atoms. The molecule has 1 heterocycles. The van der Waals surface area contributed by atoms with E-state index in [-0.39, 0.29) is 17.7 Å². The van der Waals surface area contributed by atoms with Crippen LogP contribution in [0.15, 0.2) is 24.3 Å². The molecule has 7 heteroatoms. The van der Waals surface area contributed by atoms with E-state index in [9.17, 15) is 14.4 Å². The van der Waals surface area contributed by atoms with Gasteiger partial charge < -0.3 is 10.6 Å². The quantitative estimate of drug-likeness (QED) is 0.517. The van der Waals surface area contributed by atoms with Crippen LogP contribution in [0.5, 0.6) is 0 Å². The van der Waals surface area contributed by atoms with E-state index in [2.05, 4.69) is 38.5 Å². The number of nitrogens with one attached hydrogen (secondary N) is 3. The number of imide groups is 1. The molecule has 0 bridgehead atoms. The zero-order valence-corrected chi connectivity index (χ0v) is 14.0. The summed E-state index contributed by atoms with van der Waals surface area (Å²) in [4.78, 5) is 35.8. The molecule has 2 aliphatic rings. The summed E-state index contributed by atoms with van der Waals surface area (Å²) in [7, 11) is 0. The van der Waals surface area contributed by atoms with Crippen molar-refractivity contribution in [2.45, 2.75) is 24.8 Å². The lowest BCUT2D eigenvalue weighted by Gasteiger charge is -2.28. The molecule has 1 saturated heterocycles. The third-order valence-corrected chi connectivity index (χ3v) is 5.36. The first-order valence-corrected chi connectivity index (χ1v) is 8.27. The Kier molecular flexibility index (Phi) is 4.07. The van der Waals surface area contributed by atoms with E-state index in [4.69, 9.17) is 0 Å². The van der Waals surface area contributed by atoms with Crippen molar-refractivity contribution in [1.29, 1.82) is 0 Å². The van der Waals surface area contributed by atoms with Crippen LogP contribution < -0.4 is 16.0 Å². The molecule has 1 spiro atoms. The molecule has 1 aromatic rings. The van der Waals surface area contributed by atoms with Crippen LogP contribution in [0.3, 0.4) is 0 Å². The lowest BCUT2D eigenvalue weighted by molar-refractivity contribution is -0.125. The van der Waals surface area contributed by atoms with Gasteiger partial charge in [-0.15, -0.1) is 0 Å². The third kappa shape index (κ3) is 2.57. The van der Waals surface area contributed by atoms with Gasteiger partial charge in [0.2, 0.25) is 0 Å². The molecule has 3 rings (SSSR count). The highest BCUT2D eigenvalue weighted by atomic mass is 127. The second kappa shape index (κ2) is 5.86. The number of carbonyl (C=O) groups excluding carboxylic acids is 3. The van der Waals surface area contributed by atoms with Crippen LogP contribution in [0.25, 0.3) is 0 Å². The average Bonchev–Trinajstić information content (AvgIpc) is 3.01. The summed E-state index contributed by atoms with van der Waals surface area (Å²) in [6, 6.07) is 6.89. The number of urea groups is 1. The first kappa shape index (κ1) is 15.3. The van der Waals surface area contributed by atoms with Crippen LogP contribution in [0, 0.1) is 9.49 Å². The van der Waals surface area contributed by atoms with Crippen LogP contribution >= 0.6 is 22.6 Å². The fraction of sp³-hybridized carbons (Fsp3) is 0.400. The summed E-state index contributed by atoms with van der Waals surface area (Å²) < 4.78 is 0.880. The molecule has 2 fully saturated rings. The summed E-state index contributed by atoms with van der Waals surface area (Å²) in [6.45, 7) is 0.373. The van der Waals surface area contributed by atoms with E-state index in [0.717, 1.165) is 16.4 Å². The van der Waals surface area contributed by atoms with Gasteiger partial charge in [0.15, 0.2) is 0 Å². The van der Waals surface area contributed by atoms with Crippen molar-refractivity contribution in [3.8, 4) is 0 Å². The molecule has 116 valence electrons. The van der Waals surface area contributed by atoms with Crippen LogP contribution in [-0.2, 0) is 4.79 Å². The molecule has 3 N–H and O–H groups in total. The van der Waals surface area contributed by atoms with Gasteiger partial charge in [-0.25, -0.2) is 4.79 Å². The Labute approximate surface area is 141 Å². The van der Waals surface area contributed by atoms with E-state index < -0.39 is 11.6 Å². The SMILES string of the molecule is O=C1NC(=O)C2(CCCC2CNC(=O)c2ccccc2I)N1. The van der Waals surface area contributed by atoms with Gasteiger partial charge in [-0.1, -0.05) is 18.6 Å². The maximum atomic E-state index is 12.3. The molecule has 0 radical (unpaired) electrons. The first-order valence-electron chi connectivity index (χ1n) is 7.19. The molecular weight excluding hydrogens is 397 g/mol. The molecular formula is C15H16IN3O3. The maximum absolute atomic E-state index is 12.3. The van der Waals surface area contributed by atoms with Crippen LogP contribution in [-0.4, -0.2) is 29.9 Å². The van der Waals surface area contributed by atoms with Gasteiger partial charge in [0.05, 0.1) is 5.56 Å². The molecule has 1 aliphatic heterocycles. The Morgan fingerprint density at radius 2 is 2.14 bits per heavy atom. The standard InChI is InChI=1S/C15H16IN3O3/c16-11-6-2-1-5-10(11)12(20)17-8-9-4-3-7-15(9)13(21)18-14(22)19-15/h1-2,5-6,9H,3-4,7-8H2,(H,17,20)(H2,18,19,21,22). The highest BCUT2D eigenvalue weighted by Crippen LogP contribution is 2.37. The predicted octanol–water partition coefficient (Wildman–Crippen LogP) is 1.40. The lowest BCUT2D eigenvalue weighted by Crippen LogP contribution is -2.53. The smallest absolute Gasteiger partial charge is 0.322 e. The van der Waals surface area contributed by atoms with E-state index in [1.54, 1.807) is 6.07 Å². The second-order valence-electron chi connectivity index (χ2n) is 5.66. The fourth-order valence-corrected chi connectivity index (χ4v) is 3.91. The average molecular weight is 413 g/mol. The van der Waals surface area contributed by atoms with E-state index in [1.165, 1.54) is 0 Å². The van der Waals surface area contributed by atoms with Crippen molar-refractivity contribution >= 4 is 40.4 Å². The largest absolute Gasteiger partial charge is 0.352 e. The fourth-order valence-electron chi connectivity index (χ4n) is 3.28. The molecule has 1 aliphatic carbocycles. The van der Waals surface area contributed by atoms with Crippen molar-refractivity contribution in [3.63, 3.8) is 0 Å². The number of halogens is 1. The molecule has 2 atom stereocenters. The minimum Gasteiger partial charge on any atom is -0.352 e. The first-order chi connectivity index (χ1) is 10.5. The number of hydrogen-bond acceptors (Lipinski definition) is 3. The van der Waals surface area contributed by atoms with Gasteiger partial charge in [-0.2, -0.15) is 0 Å². The Morgan fingerprint density at radius 1 is 1.36 bits per heavy atom. The molecule has 4 amide bonds. The van der Waals surface area contributed by atoms with E-state index >= 15 is 0 Å². The minimum atomic E-state index is -0.853. The minimum absolute atomic E-state index is 0.0794. The number of rotatable bonds is 3. The predicted molar refractivity (Wildman–Crippen MR) is 88.2 cm³/mol. The summed E-state index contributed by atoms with van der Waals surface area (Å²) in [5.74, 6) is -0.510. The Morgan fingerprint density at radius 3 is 2.82 bits per heavy atom. The summed E-state index contributed by atoms with van der Waals surface area (Å²) in [6.07, 6.45) is 2.28. The van der Waals surface area contributed by atoms with Crippen molar-refractivity contribution < 1.29 is 14.4 Å². The Bertz CT molecular complexity index is 649. The number of amides is 4. The molecule has 0 aromatic heterocycles. The molecule has 1 aromatic carbocycles. The van der Waals surface area contributed by atoms with Crippen molar-refractivity contribution in [2.75, 3.05) is 6.54 Å². The van der Waals surface area contributed by atoms with E-state index in [1.807, 2.05) is 18.2 Å². The molecule has 2 unspecified atom stereocenters. The Balaban J connectivity index is 1.69. The summed E-state index contributed by atoms with van der Waals surface area (Å²) in [5.41, 5.74) is -0.233. The second-order valence-corrected chi connectivity index (χ2v) is 6.82. The van der Waals surface area contributed by atoms with Crippen LogP contribution in [0.2, 0.25) is 0 Å². The topological polar surface area (TPSA) is 87.3 Å². The zero-order chi connectivity index (χ0) is 15.7. The van der Waals surface area contributed by atoms with Gasteiger partial charge in [-0.3, -0.25) is 14.9 Å². The zero-order valence-electron chi connectivity index (χ0n) is 11.8. The van der Waals surface area contributed by atoms with Crippen LogP contribution in [0.4, 0.5) is 4.79 Å². The van der Waals surface area contributed by atoms with E-state index in [0.29, 0.717) is 18.5 Å².